The number of aromatic nitrogens is 1. The van der Waals surface area contributed by atoms with Crippen LogP contribution in [-0.2, 0) is 11.8 Å². The number of nitrogens with one attached hydrogen (secondary N) is 1. The third kappa shape index (κ3) is 4.95. The molecule has 0 saturated carbocycles. The molecule has 3 aromatic rings. The maximum Gasteiger partial charge on any atom is 0.269 e. The molecule has 0 atom stereocenters. The minimum Gasteiger partial charge on any atom is -0.350 e. The topological polar surface area (TPSA) is 45.2 Å². The molecule has 0 aliphatic carbocycles. The average molecular weight is 400 g/mol. The van der Waals surface area contributed by atoms with E-state index < -0.39 is 0 Å². The summed E-state index contributed by atoms with van der Waals surface area (Å²) in [6.07, 6.45) is 4.81. The number of benzene rings is 2. The van der Waals surface area contributed by atoms with E-state index in [1.165, 1.54) is 11.1 Å². The molecule has 1 fully saturated rings. The number of hydrogen-bond acceptors (Lipinski definition) is 3. The van der Waals surface area contributed by atoms with Crippen LogP contribution in [0.15, 0.2) is 85.1 Å². The van der Waals surface area contributed by atoms with Gasteiger partial charge in [0, 0.05) is 24.7 Å². The first-order valence-electron chi connectivity index (χ1n) is 10.8. The van der Waals surface area contributed by atoms with E-state index in [0.29, 0.717) is 12.2 Å². The Balaban J connectivity index is 1.41. The fraction of sp³-hybridized carbons (Fsp3) is 0.308. The van der Waals surface area contributed by atoms with Gasteiger partial charge in [-0.3, -0.25) is 9.78 Å². The Morgan fingerprint density at radius 1 is 0.900 bits per heavy atom. The molecule has 4 rings (SSSR count). The van der Waals surface area contributed by atoms with Gasteiger partial charge in [-0.05, 0) is 55.6 Å². The van der Waals surface area contributed by atoms with Crippen molar-refractivity contribution >= 4 is 5.91 Å². The Bertz CT molecular complexity index is 920. The number of piperidine rings is 1. The van der Waals surface area contributed by atoms with Gasteiger partial charge in [-0.15, -0.1) is 0 Å². The lowest BCUT2D eigenvalue weighted by Crippen LogP contribution is -2.49. The van der Waals surface area contributed by atoms with E-state index in [1.807, 2.05) is 12.1 Å². The summed E-state index contributed by atoms with van der Waals surface area (Å²) in [5, 5.41) is 3.16. The van der Waals surface area contributed by atoms with Crippen molar-refractivity contribution in [2.45, 2.75) is 24.7 Å². The summed E-state index contributed by atoms with van der Waals surface area (Å²) in [6.45, 7) is 3.80. The van der Waals surface area contributed by atoms with Crippen molar-refractivity contribution in [2.24, 2.45) is 0 Å². The molecule has 1 aromatic heterocycles. The molecule has 0 unspecified atom stereocenters. The quantitative estimate of drug-likeness (QED) is 0.651. The van der Waals surface area contributed by atoms with Crippen molar-refractivity contribution in [1.29, 1.82) is 0 Å². The molecule has 2 aromatic carbocycles. The van der Waals surface area contributed by atoms with Crippen LogP contribution in [0.25, 0.3) is 0 Å². The van der Waals surface area contributed by atoms with Crippen LogP contribution in [0, 0.1) is 0 Å². The normalized spacial score (nSPS) is 16.1. The summed E-state index contributed by atoms with van der Waals surface area (Å²) in [6, 6.07) is 26.8. The molecule has 4 heteroatoms. The van der Waals surface area contributed by atoms with Gasteiger partial charge in [0.1, 0.15) is 5.69 Å². The minimum absolute atomic E-state index is 0.0328. The van der Waals surface area contributed by atoms with Crippen LogP contribution in [0.1, 0.15) is 34.5 Å². The number of rotatable bonds is 7. The van der Waals surface area contributed by atoms with Gasteiger partial charge in [-0.1, -0.05) is 66.7 Å². The summed E-state index contributed by atoms with van der Waals surface area (Å²) in [5.41, 5.74) is 3.14. The van der Waals surface area contributed by atoms with E-state index in [-0.39, 0.29) is 11.3 Å². The number of carbonyl (C=O) groups is 1. The fourth-order valence-electron chi connectivity index (χ4n) is 4.33. The van der Waals surface area contributed by atoms with Crippen LogP contribution in [0.5, 0.6) is 0 Å². The van der Waals surface area contributed by atoms with E-state index in [0.717, 1.165) is 38.9 Å². The lowest BCUT2D eigenvalue weighted by atomic mass is 9.72. The highest BCUT2D eigenvalue weighted by molar-refractivity contribution is 5.92. The monoisotopic (exact) mass is 399 g/mol. The molecule has 0 spiro atoms. The van der Waals surface area contributed by atoms with Gasteiger partial charge in [0.25, 0.3) is 5.91 Å². The van der Waals surface area contributed by atoms with Gasteiger partial charge in [0.15, 0.2) is 0 Å². The molecule has 4 nitrogen and oxygen atoms in total. The van der Waals surface area contributed by atoms with Crippen molar-refractivity contribution in [2.75, 3.05) is 26.2 Å². The smallest absolute Gasteiger partial charge is 0.269 e. The number of pyridine rings is 1. The van der Waals surface area contributed by atoms with Gasteiger partial charge < -0.3 is 10.2 Å². The van der Waals surface area contributed by atoms with Crippen LogP contribution < -0.4 is 5.32 Å². The summed E-state index contributed by atoms with van der Waals surface area (Å²) in [5.74, 6) is -0.0996. The molecule has 1 saturated heterocycles. The van der Waals surface area contributed by atoms with Crippen LogP contribution in [0.2, 0.25) is 0 Å². The zero-order valence-electron chi connectivity index (χ0n) is 17.3. The number of carbonyl (C=O) groups excluding carboxylic acids is 1. The van der Waals surface area contributed by atoms with Crippen molar-refractivity contribution in [3.8, 4) is 0 Å². The number of likely N-dealkylation sites (tertiary alicyclic amines) is 1. The molecule has 0 bridgehead atoms. The third-order valence-electron chi connectivity index (χ3n) is 6.24. The van der Waals surface area contributed by atoms with Gasteiger partial charge in [0.2, 0.25) is 0 Å². The van der Waals surface area contributed by atoms with E-state index in [1.54, 1.807) is 12.3 Å². The molecule has 1 aliphatic rings. The Kier molecular flexibility index (Phi) is 6.55. The molecular weight excluding hydrogens is 370 g/mol. The highest BCUT2D eigenvalue weighted by Crippen LogP contribution is 2.35. The van der Waals surface area contributed by atoms with Crippen molar-refractivity contribution in [3.05, 3.63) is 102 Å². The predicted molar refractivity (Wildman–Crippen MR) is 121 cm³/mol. The van der Waals surface area contributed by atoms with Crippen LogP contribution in [0.3, 0.4) is 0 Å². The average Bonchev–Trinajstić information content (AvgIpc) is 2.84. The lowest BCUT2D eigenvalue weighted by Gasteiger charge is -2.42. The Hall–Kier alpha value is -2.98. The Morgan fingerprint density at radius 2 is 1.57 bits per heavy atom. The van der Waals surface area contributed by atoms with E-state index in [9.17, 15) is 4.79 Å². The summed E-state index contributed by atoms with van der Waals surface area (Å²) in [7, 11) is 0. The highest BCUT2D eigenvalue weighted by Gasteiger charge is 2.36. The summed E-state index contributed by atoms with van der Waals surface area (Å²) < 4.78 is 0. The van der Waals surface area contributed by atoms with E-state index in [4.69, 9.17) is 0 Å². The SMILES string of the molecule is O=C(NCC1(c2ccccc2)CCN(CCc2ccccc2)CC1)c1ccccn1. The molecule has 0 radical (unpaired) electrons. The second kappa shape index (κ2) is 9.68. The predicted octanol–water partition coefficient (Wildman–Crippen LogP) is 4.09. The second-order valence-electron chi connectivity index (χ2n) is 8.12. The van der Waals surface area contributed by atoms with Crippen molar-refractivity contribution in [1.82, 2.24) is 15.2 Å². The Labute approximate surface area is 179 Å². The maximum atomic E-state index is 12.6. The van der Waals surface area contributed by atoms with Gasteiger partial charge in [-0.25, -0.2) is 0 Å². The highest BCUT2D eigenvalue weighted by atomic mass is 16.1. The van der Waals surface area contributed by atoms with Crippen molar-refractivity contribution < 1.29 is 4.79 Å². The van der Waals surface area contributed by atoms with Crippen LogP contribution >= 0.6 is 0 Å². The van der Waals surface area contributed by atoms with Gasteiger partial charge >= 0.3 is 0 Å². The maximum absolute atomic E-state index is 12.6. The van der Waals surface area contributed by atoms with Gasteiger partial charge in [-0.2, -0.15) is 0 Å². The third-order valence-corrected chi connectivity index (χ3v) is 6.24. The Morgan fingerprint density at radius 3 is 2.23 bits per heavy atom. The number of amides is 1. The lowest BCUT2D eigenvalue weighted by molar-refractivity contribution is 0.0917. The first-order chi connectivity index (χ1) is 14.8. The first-order valence-corrected chi connectivity index (χ1v) is 10.8. The molecule has 2 heterocycles. The van der Waals surface area contributed by atoms with E-state index >= 15 is 0 Å². The first kappa shape index (κ1) is 20.3. The standard InChI is InChI=1S/C26H29N3O/c30-25(24-13-7-8-17-27-24)28-21-26(23-11-5-2-6-12-23)15-19-29(20-16-26)18-14-22-9-3-1-4-10-22/h1-13,17H,14-16,18-21H2,(H,28,30). The summed E-state index contributed by atoms with van der Waals surface area (Å²) >= 11 is 0. The van der Waals surface area contributed by atoms with Crippen molar-refractivity contribution in [3.63, 3.8) is 0 Å². The molecule has 1 N–H and O–H groups in total. The zero-order chi connectivity index (χ0) is 20.7. The van der Waals surface area contributed by atoms with E-state index in [2.05, 4.69) is 75.9 Å². The zero-order valence-corrected chi connectivity index (χ0v) is 17.3. The number of hydrogen-bond donors (Lipinski definition) is 1. The fourth-order valence-corrected chi connectivity index (χ4v) is 4.33. The summed E-state index contributed by atoms with van der Waals surface area (Å²) in [4.78, 5) is 19.3. The molecular formula is C26H29N3O. The van der Waals surface area contributed by atoms with Crippen LogP contribution in [-0.4, -0.2) is 42.0 Å². The molecule has 154 valence electrons. The van der Waals surface area contributed by atoms with Crippen LogP contribution in [0.4, 0.5) is 0 Å². The molecule has 30 heavy (non-hydrogen) atoms. The minimum atomic E-state index is -0.0996. The second-order valence-corrected chi connectivity index (χ2v) is 8.12. The van der Waals surface area contributed by atoms with Gasteiger partial charge in [0.05, 0.1) is 0 Å². The molecule has 1 amide bonds. The molecule has 1 aliphatic heterocycles. The largest absolute Gasteiger partial charge is 0.350 e. The number of nitrogens with zero attached hydrogens (tertiary/aromatic N) is 2.